The molecule has 0 radical (unpaired) electrons. The molecule has 6 nitrogen and oxygen atoms in total. The quantitative estimate of drug-likeness (QED) is 0.702. The molecule has 2 aliphatic rings. The largest absolute Gasteiger partial charge is 0.489 e. The SMILES string of the molecule is CC(C)C(=O)N=C1SC2CS(=O)(=O)CC2N1c1ccc(OCc2ccccc2)cc1. The van der Waals surface area contributed by atoms with Crippen molar-refractivity contribution in [3.63, 3.8) is 0 Å². The van der Waals surface area contributed by atoms with Gasteiger partial charge >= 0.3 is 0 Å². The number of amides is 1. The van der Waals surface area contributed by atoms with E-state index in [-0.39, 0.29) is 34.6 Å². The third-order valence-electron chi connectivity index (χ3n) is 5.13. The van der Waals surface area contributed by atoms with E-state index in [9.17, 15) is 13.2 Å². The molecule has 0 N–H and O–H groups in total. The first kappa shape index (κ1) is 20.9. The number of amidine groups is 1. The molecule has 2 heterocycles. The Morgan fingerprint density at radius 3 is 2.50 bits per heavy atom. The number of benzene rings is 2. The number of hydrogen-bond donors (Lipinski definition) is 0. The van der Waals surface area contributed by atoms with Gasteiger partial charge in [0.15, 0.2) is 15.0 Å². The highest BCUT2D eigenvalue weighted by Gasteiger charge is 2.49. The minimum absolute atomic E-state index is 0.0752. The number of ether oxygens (including phenoxy) is 1. The highest BCUT2D eigenvalue weighted by molar-refractivity contribution is 8.16. The number of rotatable bonds is 5. The van der Waals surface area contributed by atoms with Gasteiger partial charge in [0.2, 0.25) is 0 Å². The van der Waals surface area contributed by atoms with Crippen LogP contribution in [-0.4, -0.2) is 42.3 Å². The van der Waals surface area contributed by atoms with Crippen molar-refractivity contribution in [2.75, 3.05) is 16.4 Å². The van der Waals surface area contributed by atoms with Gasteiger partial charge in [-0.25, -0.2) is 8.42 Å². The molecule has 8 heteroatoms. The minimum atomic E-state index is -3.09. The van der Waals surface area contributed by atoms with Gasteiger partial charge in [-0.1, -0.05) is 55.9 Å². The van der Waals surface area contributed by atoms with Gasteiger partial charge < -0.3 is 9.64 Å². The van der Waals surface area contributed by atoms with Crippen LogP contribution in [0.1, 0.15) is 19.4 Å². The Hall–Kier alpha value is -2.32. The number of carbonyl (C=O) groups is 1. The fourth-order valence-corrected chi connectivity index (χ4v) is 7.45. The average molecular weight is 445 g/mol. The summed E-state index contributed by atoms with van der Waals surface area (Å²) in [6, 6.07) is 17.2. The van der Waals surface area contributed by atoms with Crippen LogP contribution in [-0.2, 0) is 21.2 Å². The van der Waals surface area contributed by atoms with Crippen molar-refractivity contribution in [2.24, 2.45) is 10.9 Å². The van der Waals surface area contributed by atoms with E-state index in [1.165, 1.54) is 11.8 Å². The van der Waals surface area contributed by atoms with Crippen molar-refractivity contribution < 1.29 is 17.9 Å². The number of fused-ring (bicyclic) bond motifs is 1. The van der Waals surface area contributed by atoms with E-state index in [0.717, 1.165) is 17.0 Å². The normalized spacial score (nSPS) is 23.7. The van der Waals surface area contributed by atoms with Gasteiger partial charge in [0, 0.05) is 16.9 Å². The zero-order valence-corrected chi connectivity index (χ0v) is 18.5. The molecule has 2 fully saturated rings. The molecule has 0 spiro atoms. The third kappa shape index (κ3) is 4.54. The Bertz CT molecular complexity index is 1050. The number of nitrogens with zero attached hydrogens (tertiary/aromatic N) is 2. The Labute approximate surface area is 181 Å². The second-order valence-corrected chi connectivity index (χ2v) is 11.2. The number of thioether (sulfide) groups is 1. The van der Waals surface area contributed by atoms with Gasteiger partial charge in [0.05, 0.1) is 17.5 Å². The van der Waals surface area contributed by atoms with Crippen LogP contribution in [0, 0.1) is 5.92 Å². The summed E-state index contributed by atoms with van der Waals surface area (Å²) >= 11 is 1.39. The summed E-state index contributed by atoms with van der Waals surface area (Å²) in [7, 11) is -3.09. The van der Waals surface area contributed by atoms with Gasteiger partial charge in [-0.3, -0.25) is 4.79 Å². The fourth-order valence-electron chi connectivity index (χ4n) is 3.53. The first-order valence-corrected chi connectivity index (χ1v) is 12.6. The Morgan fingerprint density at radius 1 is 1.13 bits per heavy atom. The van der Waals surface area contributed by atoms with Crippen molar-refractivity contribution in [3.8, 4) is 5.75 Å². The average Bonchev–Trinajstić information content (AvgIpc) is 3.18. The Kier molecular flexibility index (Phi) is 5.88. The van der Waals surface area contributed by atoms with Gasteiger partial charge in [0.25, 0.3) is 5.91 Å². The highest BCUT2D eigenvalue weighted by atomic mass is 32.2. The van der Waals surface area contributed by atoms with Crippen molar-refractivity contribution in [1.82, 2.24) is 0 Å². The summed E-state index contributed by atoms with van der Waals surface area (Å²) in [5.41, 5.74) is 1.90. The summed E-state index contributed by atoms with van der Waals surface area (Å²) in [6.07, 6.45) is 0. The fraction of sp³-hybridized carbons (Fsp3) is 0.364. The molecule has 0 saturated carbocycles. The van der Waals surface area contributed by atoms with Crippen LogP contribution >= 0.6 is 11.8 Å². The van der Waals surface area contributed by atoms with E-state index in [0.29, 0.717) is 11.8 Å². The zero-order chi connectivity index (χ0) is 21.3. The van der Waals surface area contributed by atoms with E-state index in [2.05, 4.69) is 4.99 Å². The van der Waals surface area contributed by atoms with Crippen LogP contribution in [0.5, 0.6) is 5.75 Å². The predicted molar refractivity (Wildman–Crippen MR) is 121 cm³/mol. The molecule has 2 aliphatic heterocycles. The molecule has 0 aliphatic carbocycles. The molecule has 4 rings (SSSR count). The van der Waals surface area contributed by atoms with Crippen LogP contribution < -0.4 is 9.64 Å². The minimum Gasteiger partial charge on any atom is -0.489 e. The van der Waals surface area contributed by atoms with Crippen molar-refractivity contribution in [1.29, 1.82) is 0 Å². The molecule has 2 saturated heterocycles. The number of aliphatic imine (C=N–C) groups is 1. The van der Waals surface area contributed by atoms with Gasteiger partial charge in [-0.15, -0.1) is 0 Å². The number of carbonyl (C=O) groups excluding carboxylic acids is 1. The maximum absolute atomic E-state index is 12.2. The molecule has 1 amide bonds. The molecule has 2 aromatic rings. The van der Waals surface area contributed by atoms with E-state index in [4.69, 9.17) is 4.74 Å². The van der Waals surface area contributed by atoms with Crippen LogP contribution in [0.15, 0.2) is 59.6 Å². The third-order valence-corrected chi connectivity index (χ3v) is 8.34. The van der Waals surface area contributed by atoms with E-state index < -0.39 is 9.84 Å². The topological polar surface area (TPSA) is 76.0 Å². The molecular formula is C22H24N2O4S2. The lowest BCUT2D eigenvalue weighted by Gasteiger charge is -2.24. The zero-order valence-electron chi connectivity index (χ0n) is 16.9. The summed E-state index contributed by atoms with van der Waals surface area (Å²) in [5, 5.41) is 0.472. The molecule has 0 bridgehead atoms. The van der Waals surface area contributed by atoms with E-state index in [1.54, 1.807) is 13.8 Å². The van der Waals surface area contributed by atoms with Gasteiger partial charge in [-0.05, 0) is 29.8 Å². The molecule has 2 unspecified atom stereocenters. The lowest BCUT2D eigenvalue weighted by Crippen LogP contribution is -2.37. The van der Waals surface area contributed by atoms with Crippen molar-refractivity contribution >= 4 is 38.4 Å². The standard InChI is InChI=1S/C22H24N2O4S2/c1-15(2)21(25)23-22-24(19-13-30(26,27)14-20(19)29-22)17-8-10-18(11-9-17)28-12-16-6-4-3-5-7-16/h3-11,15,19-20H,12-14H2,1-2H3. The summed E-state index contributed by atoms with van der Waals surface area (Å²) in [4.78, 5) is 18.4. The van der Waals surface area contributed by atoms with Crippen molar-refractivity contribution in [3.05, 3.63) is 60.2 Å². The lowest BCUT2D eigenvalue weighted by molar-refractivity contribution is -0.120. The molecular weight excluding hydrogens is 420 g/mol. The molecule has 2 aromatic carbocycles. The van der Waals surface area contributed by atoms with Gasteiger partial charge in [-0.2, -0.15) is 4.99 Å². The maximum atomic E-state index is 12.2. The molecule has 30 heavy (non-hydrogen) atoms. The summed E-state index contributed by atoms with van der Waals surface area (Å²) in [6.45, 7) is 4.08. The molecule has 2 atom stereocenters. The lowest BCUT2D eigenvalue weighted by atomic mass is 10.2. The predicted octanol–water partition coefficient (Wildman–Crippen LogP) is 3.52. The molecule has 0 aromatic heterocycles. The van der Waals surface area contributed by atoms with Crippen LogP contribution in [0.2, 0.25) is 0 Å². The van der Waals surface area contributed by atoms with E-state index >= 15 is 0 Å². The number of hydrogen-bond acceptors (Lipinski definition) is 5. The first-order valence-electron chi connectivity index (χ1n) is 9.88. The van der Waals surface area contributed by atoms with Crippen LogP contribution in [0.3, 0.4) is 0 Å². The summed E-state index contributed by atoms with van der Waals surface area (Å²) in [5.74, 6) is 0.505. The second-order valence-electron chi connectivity index (χ2n) is 7.83. The molecule has 158 valence electrons. The maximum Gasteiger partial charge on any atom is 0.250 e. The first-order chi connectivity index (χ1) is 14.3. The Morgan fingerprint density at radius 2 is 1.83 bits per heavy atom. The second kappa shape index (κ2) is 8.43. The van der Waals surface area contributed by atoms with Crippen LogP contribution in [0.25, 0.3) is 0 Å². The number of sulfone groups is 1. The number of anilines is 1. The monoisotopic (exact) mass is 444 g/mol. The Balaban J connectivity index is 1.56. The highest BCUT2D eigenvalue weighted by Crippen LogP contribution is 2.41. The van der Waals surface area contributed by atoms with Crippen LogP contribution in [0.4, 0.5) is 5.69 Å². The van der Waals surface area contributed by atoms with Crippen molar-refractivity contribution in [2.45, 2.75) is 31.7 Å². The summed E-state index contributed by atoms with van der Waals surface area (Å²) < 4.78 is 30.2. The smallest absolute Gasteiger partial charge is 0.250 e. The van der Waals surface area contributed by atoms with E-state index in [1.807, 2.05) is 59.5 Å². The van der Waals surface area contributed by atoms with Gasteiger partial charge in [0.1, 0.15) is 12.4 Å².